The zero-order valence-electron chi connectivity index (χ0n) is 18.2. The van der Waals surface area contributed by atoms with Gasteiger partial charge in [-0.1, -0.05) is 56.3 Å². The Hall–Kier alpha value is -2.53. The molecule has 0 aromatic heterocycles. The second-order valence-corrected chi connectivity index (χ2v) is 10.8. The molecule has 0 heterocycles. The summed E-state index contributed by atoms with van der Waals surface area (Å²) in [5, 5.41) is 2.53. The fourth-order valence-electron chi connectivity index (χ4n) is 2.86. The van der Waals surface area contributed by atoms with Gasteiger partial charge in [-0.2, -0.15) is 4.31 Å². The number of amides is 1. The largest absolute Gasteiger partial charge is 0.351 e. The molecule has 32 heavy (non-hydrogen) atoms. The molecule has 0 bridgehead atoms. The monoisotopic (exact) mass is 479 g/mol. The molecule has 0 radical (unpaired) electrons. The van der Waals surface area contributed by atoms with Gasteiger partial charge in [0.15, 0.2) is 0 Å². The van der Waals surface area contributed by atoms with E-state index in [0.717, 1.165) is 5.56 Å². The smallest absolute Gasteiger partial charge is 0.244 e. The van der Waals surface area contributed by atoms with E-state index in [1.54, 1.807) is 26.0 Å². The van der Waals surface area contributed by atoms with Crippen LogP contribution in [0.2, 0.25) is 0 Å². The predicted molar refractivity (Wildman–Crippen MR) is 126 cm³/mol. The molecule has 0 saturated heterocycles. The van der Waals surface area contributed by atoms with Crippen LogP contribution in [0.15, 0.2) is 65.6 Å². The van der Waals surface area contributed by atoms with Crippen LogP contribution in [0.3, 0.4) is 0 Å². The fraction of sp³-hybridized carbons (Fsp3) is 0.318. The first kappa shape index (κ1) is 25.7. The van der Waals surface area contributed by atoms with Crippen LogP contribution in [0.1, 0.15) is 25.0 Å². The van der Waals surface area contributed by atoms with E-state index in [1.165, 1.54) is 28.6 Å². The van der Waals surface area contributed by atoms with E-state index in [4.69, 9.17) is 0 Å². The van der Waals surface area contributed by atoms with E-state index in [2.05, 4.69) is 10.0 Å². The second kappa shape index (κ2) is 11.9. The molecule has 0 aliphatic carbocycles. The summed E-state index contributed by atoms with van der Waals surface area (Å²) >= 11 is 0. The van der Waals surface area contributed by atoms with Crippen LogP contribution in [-0.4, -0.2) is 52.4 Å². The maximum atomic E-state index is 12.5. The van der Waals surface area contributed by atoms with Crippen molar-refractivity contribution in [2.75, 3.05) is 25.4 Å². The Kier molecular flexibility index (Phi) is 9.58. The van der Waals surface area contributed by atoms with Crippen LogP contribution in [0.25, 0.3) is 6.08 Å². The van der Waals surface area contributed by atoms with Gasteiger partial charge < -0.3 is 5.32 Å². The van der Waals surface area contributed by atoms with Crippen molar-refractivity contribution in [2.45, 2.75) is 25.3 Å². The van der Waals surface area contributed by atoms with Gasteiger partial charge in [0.25, 0.3) is 0 Å². The van der Waals surface area contributed by atoms with Gasteiger partial charge in [0.2, 0.25) is 26.0 Å². The van der Waals surface area contributed by atoms with Crippen molar-refractivity contribution < 1.29 is 21.6 Å². The summed E-state index contributed by atoms with van der Waals surface area (Å²) in [4.78, 5) is 12.1. The lowest BCUT2D eigenvalue weighted by Gasteiger charge is -2.18. The molecule has 0 fully saturated rings. The van der Waals surface area contributed by atoms with Crippen LogP contribution in [-0.2, 0) is 31.4 Å². The second-order valence-electron chi connectivity index (χ2n) is 6.91. The maximum Gasteiger partial charge on any atom is 0.244 e. The highest BCUT2D eigenvalue weighted by Gasteiger charge is 2.20. The number of carbonyl (C=O) groups is 1. The van der Waals surface area contributed by atoms with E-state index in [0.29, 0.717) is 18.7 Å². The molecule has 10 heteroatoms. The quantitative estimate of drug-likeness (QED) is 0.452. The van der Waals surface area contributed by atoms with Gasteiger partial charge in [0, 0.05) is 32.3 Å². The number of sulfonamides is 2. The molecule has 0 aliphatic heterocycles. The molecule has 2 rings (SSSR count). The number of nitrogens with zero attached hydrogens (tertiary/aromatic N) is 1. The molecule has 0 spiro atoms. The van der Waals surface area contributed by atoms with Gasteiger partial charge in [0.05, 0.1) is 10.6 Å². The van der Waals surface area contributed by atoms with Crippen molar-refractivity contribution in [3.8, 4) is 0 Å². The van der Waals surface area contributed by atoms with E-state index in [-0.39, 0.29) is 23.7 Å². The molecule has 0 saturated carbocycles. The first-order valence-electron chi connectivity index (χ1n) is 10.3. The minimum Gasteiger partial charge on any atom is -0.351 e. The minimum absolute atomic E-state index is 0.0334. The molecule has 2 aromatic rings. The first-order chi connectivity index (χ1) is 15.2. The summed E-state index contributed by atoms with van der Waals surface area (Å²) in [6.07, 6.45) is 2.81. The Balaban J connectivity index is 1.83. The molecule has 8 nitrogen and oxygen atoms in total. The molecule has 174 valence electrons. The summed E-state index contributed by atoms with van der Waals surface area (Å²) in [5.41, 5.74) is 1.50. The van der Waals surface area contributed by atoms with Crippen LogP contribution in [0, 0.1) is 0 Å². The number of hydrogen-bond donors (Lipinski definition) is 2. The average Bonchev–Trinajstić information content (AvgIpc) is 2.78. The Bertz CT molecular complexity index is 1110. The molecular weight excluding hydrogens is 450 g/mol. The summed E-state index contributed by atoms with van der Waals surface area (Å²) in [5.74, 6) is -0.680. The highest BCUT2D eigenvalue weighted by molar-refractivity contribution is 7.89. The van der Waals surface area contributed by atoms with Gasteiger partial charge in [0.1, 0.15) is 0 Å². The third-order valence-corrected chi connectivity index (χ3v) is 8.05. The third-order valence-electron chi connectivity index (χ3n) is 4.66. The number of benzene rings is 2. The Morgan fingerprint density at radius 1 is 0.938 bits per heavy atom. The summed E-state index contributed by atoms with van der Waals surface area (Å²) in [6.45, 7) is 4.49. The van der Waals surface area contributed by atoms with E-state index in [9.17, 15) is 21.6 Å². The third kappa shape index (κ3) is 7.86. The van der Waals surface area contributed by atoms with Crippen LogP contribution >= 0.6 is 0 Å². The topological polar surface area (TPSA) is 113 Å². The van der Waals surface area contributed by atoms with Crippen molar-refractivity contribution in [1.82, 2.24) is 14.3 Å². The summed E-state index contributed by atoms with van der Waals surface area (Å²) in [6, 6.07) is 15.4. The van der Waals surface area contributed by atoms with E-state index < -0.39 is 26.0 Å². The van der Waals surface area contributed by atoms with Crippen molar-refractivity contribution in [3.63, 3.8) is 0 Å². The standard InChI is InChI=1S/C22H29N3O5S2/c1-3-25(4-2)32(29,30)21-13-10-19(11-14-21)12-15-22(26)23-16-17-31(27,28)24-18-20-8-6-5-7-9-20/h5-15,24H,3-4,16-18H2,1-2H3,(H,23,26)/b15-12+. The Morgan fingerprint density at radius 3 is 2.16 bits per heavy atom. The lowest BCUT2D eigenvalue weighted by atomic mass is 10.2. The summed E-state index contributed by atoms with van der Waals surface area (Å²) < 4.78 is 52.9. The molecule has 0 atom stereocenters. The van der Waals surface area contributed by atoms with Crippen molar-refractivity contribution in [2.24, 2.45) is 0 Å². The number of rotatable bonds is 12. The zero-order chi connectivity index (χ0) is 23.6. The Labute approximate surface area is 190 Å². The average molecular weight is 480 g/mol. The van der Waals surface area contributed by atoms with Crippen molar-refractivity contribution >= 4 is 32.0 Å². The first-order valence-corrected chi connectivity index (χ1v) is 13.3. The minimum atomic E-state index is -3.53. The zero-order valence-corrected chi connectivity index (χ0v) is 19.8. The lowest BCUT2D eigenvalue weighted by Crippen LogP contribution is -2.33. The van der Waals surface area contributed by atoms with Gasteiger partial charge >= 0.3 is 0 Å². The molecular formula is C22H29N3O5S2. The Morgan fingerprint density at radius 2 is 1.56 bits per heavy atom. The van der Waals surface area contributed by atoms with Gasteiger partial charge in [-0.3, -0.25) is 4.79 Å². The lowest BCUT2D eigenvalue weighted by molar-refractivity contribution is -0.116. The molecule has 1 amide bonds. The van der Waals surface area contributed by atoms with Crippen LogP contribution < -0.4 is 10.0 Å². The van der Waals surface area contributed by atoms with E-state index >= 15 is 0 Å². The van der Waals surface area contributed by atoms with Gasteiger partial charge in [-0.15, -0.1) is 0 Å². The van der Waals surface area contributed by atoms with Crippen LogP contribution in [0.5, 0.6) is 0 Å². The number of carbonyl (C=O) groups excluding carboxylic acids is 1. The van der Waals surface area contributed by atoms with Gasteiger partial charge in [-0.05, 0) is 29.3 Å². The maximum absolute atomic E-state index is 12.5. The fourth-order valence-corrected chi connectivity index (χ4v) is 5.22. The number of hydrogen-bond acceptors (Lipinski definition) is 5. The molecule has 2 aromatic carbocycles. The predicted octanol–water partition coefficient (Wildman–Crippen LogP) is 1.97. The van der Waals surface area contributed by atoms with Crippen LogP contribution in [0.4, 0.5) is 0 Å². The summed E-state index contributed by atoms with van der Waals surface area (Å²) in [7, 11) is -7.05. The van der Waals surface area contributed by atoms with Crippen molar-refractivity contribution in [3.05, 3.63) is 71.8 Å². The van der Waals surface area contributed by atoms with Gasteiger partial charge in [-0.25, -0.2) is 21.6 Å². The SMILES string of the molecule is CCN(CC)S(=O)(=O)c1ccc(/C=C/C(=O)NCCS(=O)(=O)NCc2ccccc2)cc1. The molecule has 0 aliphatic rings. The normalized spacial score (nSPS) is 12.3. The van der Waals surface area contributed by atoms with Crippen molar-refractivity contribution in [1.29, 1.82) is 0 Å². The number of nitrogens with one attached hydrogen (secondary N) is 2. The van der Waals surface area contributed by atoms with E-state index in [1.807, 2.05) is 30.3 Å². The highest BCUT2D eigenvalue weighted by Crippen LogP contribution is 2.16. The molecule has 2 N–H and O–H groups in total. The molecule has 0 unspecified atom stereocenters. The highest BCUT2D eigenvalue weighted by atomic mass is 32.2.